The van der Waals surface area contributed by atoms with Crippen molar-refractivity contribution in [1.29, 1.82) is 0 Å². The largest absolute Gasteiger partial charge is 0.365 e. The lowest BCUT2D eigenvalue weighted by Gasteiger charge is -2.19. The summed E-state index contributed by atoms with van der Waals surface area (Å²) in [7, 11) is 2.32. The van der Waals surface area contributed by atoms with E-state index in [4.69, 9.17) is 4.52 Å². The molecule has 1 fully saturated rings. The Morgan fingerprint density at radius 1 is 1.44 bits per heavy atom. The van der Waals surface area contributed by atoms with Crippen LogP contribution in [0.4, 0.5) is 0 Å². The molecule has 0 aromatic carbocycles. The SMILES string of the molecule is POCC1CCSCC1. The molecule has 0 radical (unpaired) electrons. The summed E-state index contributed by atoms with van der Waals surface area (Å²) in [5.74, 6) is 3.50. The molecule has 0 spiro atoms. The fraction of sp³-hybridized carbons (Fsp3) is 1.00. The van der Waals surface area contributed by atoms with Crippen molar-refractivity contribution >= 4 is 21.2 Å². The third kappa shape index (κ3) is 2.88. The van der Waals surface area contributed by atoms with Gasteiger partial charge in [-0.25, -0.2) is 0 Å². The van der Waals surface area contributed by atoms with Crippen molar-refractivity contribution in [3.63, 3.8) is 0 Å². The maximum absolute atomic E-state index is 4.99. The second kappa shape index (κ2) is 4.54. The van der Waals surface area contributed by atoms with Crippen LogP contribution in [0.3, 0.4) is 0 Å². The highest BCUT2D eigenvalue weighted by Gasteiger charge is 2.12. The van der Waals surface area contributed by atoms with E-state index >= 15 is 0 Å². The number of rotatable bonds is 2. The van der Waals surface area contributed by atoms with Crippen LogP contribution < -0.4 is 0 Å². The van der Waals surface area contributed by atoms with Crippen LogP contribution in [0.15, 0.2) is 0 Å². The fourth-order valence-electron chi connectivity index (χ4n) is 1.05. The van der Waals surface area contributed by atoms with Crippen LogP contribution >= 0.6 is 21.2 Å². The van der Waals surface area contributed by atoms with E-state index in [1.165, 1.54) is 24.3 Å². The molecule has 3 heteroatoms. The molecule has 1 aliphatic rings. The first kappa shape index (κ1) is 7.84. The van der Waals surface area contributed by atoms with E-state index in [0.29, 0.717) is 0 Å². The van der Waals surface area contributed by atoms with Crippen molar-refractivity contribution in [3.8, 4) is 0 Å². The number of thioether (sulfide) groups is 1. The van der Waals surface area contributed by atoms with E-state index in [1.54, 1.807) is 0 Å². The Balaban J connectivity index is 2.08. The summed E-state index contributed by atoms with van der Waals surface area (Å²) in [5.41, 5.74) is 0. The Kier molecular flexibility index (Phi) is 3.96. The van der Waals surface area contributed by atoms with Gasteiger partial charge in [-0.05, 0) is 30.3 Å². The van der Waals surface area contributed by atoms with Crippen molar-refractivity contribution in [2.75, 3.05) is 18.1 Å². The summed E-state index contributed by atoms with van der Waals surface area (Å²) >= 11 is 2.06. The predicted molar refractivity (Wildman–Crippen MR) is 45.7 cm³/mol. The van der Waals surface area contributed by atoms with E-state index < -0.39 is 0 Å². The fourth-order valence-corrected chi connectivity index (χ4v) is 2.53. The molecule has 1 nitrogen and oxygen atoms in total. The summed E-state index contributed by atoms with van der Waals surface area (Å²) in [4.78, 5) is 0. The molecular weight excluding hydrogens is 151 g/mol. The molecule has 54 valence electrons. The van der Waals surface area contributed by atoms with Crippen molar-refractivity contribution in [2.45, 2.75) is 12.8 Å². The first-order valence-corrected chi connectivity index (χ1v) is 4.95. The first-order chi connectivity index (χ1) is 4.43. The maximum Gasteiger partial charge on any atom is 0.0530 e. The molecule has 9 heavy (non-hydrogen) atoms. The minimum atomic E-state index is 0.837. The van der Waals surface area contributed by atoms with Crippen LogP contribution in [0.1, 0.15) is 12.8 Å². The predicted octanol–water partition coefficient (Wildman–Crippen LogP) is 1.94. The zero-order valence-electron chi connectivity index (χ0n) is 5.51. The van der Waals surface area contributed by atoms with Crippen LogP contribution in [0.25, 0.3) is 0 Å². The smallest absolute Gasteiger partial charge is 0.0530 e. The van der Waals surface area contributed by atoms with Gasteiger partial charge < -0.3 is 4.52 Å². The molecule has 1 unspecified atom stereocenters. The summed E-state index contributed by atoms with van der Waals surface area (Å²) in [6, 6.07) is 0. The topological polar surface area (TPSA) is 9.23 Å². The van der Waals surface area contributed by atoms with Crippen LogP contribution in [-0.2, 0) is 4.52 Å². The van der Waals surface area contributed by atoms with Gasteiger partial charge in [0, 0.05) is 9.47 Å². The Bertz CT molecular complexity index is 70.7. The van der Waals surface area contributed by atoms with E-state index in [9.17, 15) is 0 Å². The second-order valence-corrected chi connectivity index (χ2v) is 3.95. The van der Waals surface area contributed by atoms with Crippen LogP contribution in [0.2, 0.25) is 0 Å². The summed E-state index contributed by atoms with van der Waals surface area (Å²) < 4.78 is 4.99. The molecule has 0 bridgehead atoms. The minimum Gasteiger partial charge on any atom is -0.365 e. The van der Waals surface area contributed by atoms with Gasteiger partial charge in [-0.3, -0.25) is 0 Å². The average molecular weight is 164 g/mol. The van der Waals surface area contributed by atoms with Gasteiger partial charge in [0.15, 0.2) is 0 Å². The van der Waals surface area contributed by atoms with Gasteiger partial charge in [-0.15, -0.1) is 0 Å². The first-order valence-electron chi connectivity index (χ1n) is 3.33. The molecule has 1 heterocycles. The quantitative estimate of drug-likeness (QED) is 0.577. The lowest BCUT2D eigenvalue weighted by Crippen LogP contribution is -2.13. The minimum absolute atomic E-state index is 0.837. The van der Waals surface area contributed by atoms with Gasteiger partial charge in [0.25, 0.3) is 0 Å². The van der Waals surface area contributed by atoms with Gasteiger partial charge in [-0.2, -0.15) is 11.8 Å². The molecular formula is C6H13OPS. The van der Waals surface area contributed by atoms with E-state index in [1.807, 2.05) is 0 Å². The molecule has 0 aliphatic carbocycles. The summed E-state index contributed by atoms with van der Waals surface area (Å²) in [6.45, 7) is 0.936. The zero-order chi connectivity index (χ0) is 6.53. The van der Waals surface area contributed by atoms with Crippen LogP contribution in [0, 0.1) is 5.92 Å². The monoisotopic (exact) mass is 164 g/mol. The molecule has 0 saturated carbocycles. The van der Waals surface area contributed by atoms with Gasteiger partial charge in [0.1, 0.15) is 0 Å². The van der Waals surface area contributed by atoms with Crippen molar-refractivity contribution in [1.82, 2.24) is 0 Å². The van der Waals surface area contributed by atoms with E-state index in [0.717, 1.165) is 12.5 Å². The third-order valence-corrected chi connectivity index (χ3v) is 2.91. The van der Waals surface area contributed by atoms with Gasteiger partial charge in [-0.1, -0.05) is 0 Å². The van der Waals surface area contributed by atoms with Crippen molar-refractivity contribution < 1.29 is 4.52 Å². The Morgan fingerprint density at radius 2 is 2.11 bits per heavy atom. The Labute approximate surface area is 63.2 Å². The Morgan fingerprint density at radius 3 is 2.67 bits per heavy atom. The molecule has 1 saturated heterocycles. The van der Waals surface area contributed by atoms with Gasteiger partial charge >= 0.3 is 0 Å². The highest BCUT2D eigenvalue weighted by molar-refractivity contribution is 7.99. The normalized spacial score (nSPS) is 22.3. The van der Waals surface area contributed by atoms with Gasteiger partial charge in [0.05, 0.1) is 6.61 Å². The average Bonchev–Trinajstić information content (AvgIpc) is 1.91. The number of hydrogen-bond acceptors (Lipinski definition) is 2. The molecule has 0 amide bonds. The van der Waals surface area contributed by atoms with E-state index in [2.05, 4.69) is 21.2 Å². The van der Waals surface area contributed by atoms with Gasteiger partial charge in [0.2, 0.25) is 0 Å². The molecule has 1 aliphatic heterocycles. The highest BCUT2D eigenvalue weighted by atomic mass is 32.2. The van der Waals surface area contributed by atoms with Crippen molar-refractivity contribution in [2.24, 2.45) is 5.92 Å². The molecule has 1 atom stereocenters. The number of hydrogen-bond donors (Lipinski definition) is 0. The lowest BCUT2D eigenvalue weighted by molar-refractivity contribution is 0.274. The lowest BCUT2D eigenvalue weighted by atomic mass is 10.1. The Hall–Kier alpha value is 0.740. The van der Waals surface area contributed by atoms with E-state index in [-0.39, 0.29) is 0 Å². The zero-order valence-corrected chi connectivity index (χ0v) is 7.48. The maximum atomic E-state index is 4.99. The highest BCUT2D eigenvalue weighted by Crippen LogP contribution is 2.22. The summed E-state index contributed by atoms with van der Waals surface area (Å²) in [5, 5.41) is 0. The third-order valence-electron chi connectivity index (χ3n) is 1.67. The van der Waals surface area contributed by atoms with Crippen LogP contribution in [-0.4, -0.2) is 18.1 Å². The molecule has 0 aromatic rings. The van der Waals surface area contributed by atoms with Crippen molar-refractivity contribution in [3.05, 3.63) is 0 Å². The molecule has 0 N–H and O–H groups in total. The standard InChI is InChI=1S/C6H13OPS/c8-7-5-6-1-3-9-4-2-6/h6H,1-5,8H2. The molecule has 0 aromatic heterocycles. The molecule has 1 rings (SSSR count). The van der Waals surface area contributed by atoms with Crippen LogP contribution in [0.5, 0.6) is 0 Å². The summed E-state index contributed by atoms with van der Waals surface area (Å²) in [6.07, 6.45) is 2.69. The second-order valence-electron chi connectivity index (χ2n) is 2.39.